The zero-order valence-corrected chi connectivity index (χ0v) is 15.1. The largest absolute Gasteiger partial charge is 0.480 e. The van der Waals surface area contributed by atoms with Crippen LogP contribution in [0.25, 0.3) is 0 Å². The number of aliphatic hydroxyl groups excluding tert-OH is 1. The van der Waals surface area contributed by atoms with Gasteiger partial charge in [-0.05, 0) is 12.8 Å². The molecule has 7 N–H and O–H groups in total. The Morgan fingerprint density at radius 1 is 1.39 bits per heavy atom. The molecule has 0 aromatic carbocycles. The van der Waals surface area contributed by atoms with Crippen LogP contribution in [-0.2, 0) is 25.6 Å². The van der Waals surface area contributed by atoms with E-state index in [-0.39, 0.29) is 6.42 Å². The third-order valence-corrected chi connectivity index (χ3v) is 4.39. The second-order valence-corrected chi connectivity index (χ2v) is 6.44. The second kappa shape index (κ2) is 9.80. The van der Waals surface area contributed by atoms with Crippen molar-refractivity contribution in [2.45, 2.75) is 37.4 Å². The lowest BCUT2D eigenvalue weighted by atomic mass is 10.1. The summed E-state index contributed by atoms with van der Waals surface area (Å²) in [6.07, 6.45) is 3.87. The summed E-state index contributed by atoms with van der Waals surface area (Å²) in [5, 5.41) is 23.0. The van der Waals surface area contributed by atoms with E-state index in [9.17, 15) is 24.3 Å². The molecule has 154 valence electrons. The fourth-order valence-electron chi connectivity index (χ4n) is 2.94. The summed E-state index contributed by atoms with van der Waals surface area (Å²) in [5.41, 5.74) is 6.06. The molecule has 0 bridgehead atoms. The quantitative estimate of drug-likeness (QED) is 0.253. The molecule has 1 saturated heterocycles. The number of nitrogens with two attached hydrogens (primary N) is 1. The van der Waals surface area contributed by atoms with Gasteiger partial charge in [0.15, 0.2) is 0 Å². The van der Waals surface area contributed by atoms with Gasteiger partial charge >= 0.3 is 5.97 Å². The Labute approximate surface area is 160 Å². The number of carboxylic acids is 1. The summed E-state index contributed by atoms with van der Waals surface area (Å²) in [4.78, 5) is 55.6. The standard InChI is InChI=1S/C16H24N6O6/c17-10(7-23)15(26)22-3-1-2-12(22)14(25)19-6-13(24)21-11(16(27)28)4-9-5-18-8-20-9/h5,8,10-12,23H,1-4,6-7,17H2,(H,18,20)(H,19,25)(H,21,24)(H,27,28). The number of nitrogens with zero attached hydrogens (tertiary/aromatic N) is 2. The molecule has 0 saturated carbocycles. The number of aliphatic hydroxyl groups is 1. The van der Waals surface area contributed by atoms with Crippen LogP contribution in [0.3, 0.4) is 0 Å². The molecular weight excluding hydrogens is 372 g/mol. The number of aromatic amines is 1. The predicted octanol–water partition coefficient (Wildman–Crippen LogP) is -3.05. The highest BCUT2D eigenvalue weighted by Gasteiger charge is 2.36. The van der Waals surface area contributed by atoms with Gasteiger partial charge in [0, 0.05) is 24.9 Å². The molecule has 0 radical (unpaired) electrons. The van der Waals surface area contributed by atoms with E-state index in [0.717, 1.165) is 0 Å². The average molecular weight is 396 g/mol. The Hall–Kier alpha value is -2.99. The van der Waals surface area contributed by atoms with E-state index in [4.69, 9.17) is 10.8 Å². The number of nitrogens with one attached hydrogen (secondary N) is 3. The van der Waals surface area contributed by atoms with Crippen LogP contribution in [0.5, 0.6) is 0 Å². The van der Waals surface area contributed by atoms with Crippen LogP contribution in [0, 0.1) is 0 Å². The maximum atomic E-state index is 12.3. The van der Waals surface area contributed by atoms with Crippen molar-refractivity contribution < 1.29 is 29.4 Å². The summed E-state index contributed by atoms with van der Waals surface area (Å²) in [6.45, 7) is -0.628. The summed E-state index contributed by atoms with van der Waals surface area (Å²) in [7, 11) is 0. The topological polar surface area (TPSA) is 191 Å². The molecule has 2 heterocycles. The Kier molecular flexibility index (Phi) is 7.46. The number of amides is 3. The maximum absolute atomic E-state index is 12.3. The van der Waals surface area contributed by atoms with Gasteiger partial charge < -0.3 is 36.5 Å². The first-order valence-corrected chi connectivity index (χ1v) is 8.77. The molecule has 28 heavy (non-hydrogen) atoms. The molecule has 0 spiro atoms. The Morgan fingerprint density at radius 2 is 2.14 bits per heavy atom. The van der Waals surface area contributed by atoms with E-state index in [1.54, 1.807) is 0 Å². The molecule has 1 fully saturated rings. The lowest BCUT2D eigenvalue weighted by Crippen LogP contribution is -2.53. The minimum absolute atomic E-state index is 0.0129. The summed E-state index contributed by atoms with van der Waals surface area (Å²) in [6, 6.07) is -3.06. The lowest BCUT2D eigenvalue weighted by Gasteiger charge is -2.26. The number of carbonyl (C=O) groups is 4. The van der Waals surface area contributed by atoms with E-state index in [0.29, 0.717) is 25.1 Å². The van der Waals surface area contributed by atoms with Crippen LogP contribution in [0.1, 0.15) is 18.5 Å². The maximum Gasteiger partial charge on any atom is 0.326 e. The van der Waals surface area contributed by atoms with Crippen molar-refractivity contribution in [3.8, 4) is 0 Å². The van der Waals surface area contributed by atoms with Crippen LogP contribution in [0.4, 0.5) is 0 Å². The van der Waals surface area contributed by atoms with Crippen LogP contribution < -0.4 is 16.4 Å². The van der Waals surface area contributed by atoms with E-state index in [1.165, 1.54) is 17.4 Å². The molecule has 1 aromatic heterocycles. The molecule has 3 unspecified atom stereocenters. The van der Waals surface area contributed by atoms with Crippen molar-refractivity contribution in [1.29, 1.82) is 0 Å². The van der Waals surface area contributed by atoms with E-state index >= 15 is 0 Å². The Bertz CT molecular complexity index is 708. The van der Waals surface area contributed by atoms with Gasteiger partial charge in [0.25, 0.3) is 0 Å². The number of carboxylic acid groups (broad SMARTS) is 1. The highest BCUT2D eigenvalue weighted by Crippen LogP contribution is 2.18. The first-order chi connectivity index (χ1) is 13.3. The van der Waals surface area contributed by atoms with Crippen molar-refractivity contribution in [2.24, 2.45) is 5.73 Å². The van der Waals surface area contributed by atoms with Gasteiger partial charge in [0.2, 0.25) is 17.7 Å². The monoisotopic (exact) mass is 396 g/mol. The van der Waals surface area contributed by atoms with Crippen LogP contribution >= 0.6 is 0 Å². The number of imidazole rings is 1. The zero-order valence-electron chi connectivity index (χ0n) is 15.1. The summed E-state index contributed by atoms with van der Waals surface area (Å²) < 4.78 is 0. The molecule has 0 aliphatic carbocycles. The third-order valence-electron chi connectivity index (χ3n) is 4.39. The van der Waals surface area contributed by atoms with Crippen molar-refractivity contribution in [3.05, 3.63) is 18.2 Å². The fourth-order valence-corrected chi connectivity index (χ4v) is 2.94. The first kappa shape index (κ1) is 21.3. The zero-order chi connectivity index (χ0) is 20.7. The minimum Gasteiger partial charge on any atom is -0.480 e. The van der Waals surface area contributed by atoms with Crippen molar-refractivity contribution in [3.63, 3.8) is 0 Å². The van der Waals surface area contributed by atoms with Crippen LogP contribution in [-0.4, -0.2) is 86.6 Å². The number of aromatic nitrogens is 2. The van der Waals surface area contributed by atoms with E-state index < -0.39 is 55.0 Å². The number of H-pyrrole nitrogens is 1. The number of likely N-dealkylation sites (tertiary alicyclic amines) is 1. The van der Waals surface area contributed by atoms with Gasteiger partial charge in [0.05, 0.1) is 19.5 Å². The van der Waals surface area contributed by atoms with Gasteiger partial charge in [-0.1, -0.05) is 0 Å². The molecule has 2 rings (SSSR count). The minimum atomic E-state index is -1.22. The second-order valence-electron chi connectivity index (χ2n) is 6.44. The average Bonchev–Trinajstić information content (AvgIpc) is 3.35. The first-order valence-electron chi connectivity index (χ1n) is 8.77. The Balaban J connectivity index is 1.86. The highest BCUT2D eigenvalue weighted by molar-refractivity contribution is 5.93. The summed E-state index contributed by atoms with van der Waals surface area (Å²) in [5.74, 6) is -2.97. The highest BCUT2D eigenvalue weighted by atomic mass is 16.4. The normalized spacial score (nSPS) is 18.4. The molecule has 1 aliphatic rings. The number of aliphatic carboxylic acids is 1. The molecule has 3 amide bonds. The third kappa shape index (κ3) is 5.50. The SMILES string of the molecule is NC(CO)C(=O)N1CCCC1C(=O)NCC(=O)NC(Cc1cnc[nH]1)C(=O)O. The molecule has 12 nitrogen and oxygen atoms in total. The van der Waals surface area contributed by atoms with Crippen molar-refractivity contribution in [2.75, 3.05) is 19.7 Å². The van der Waals surface area contributed by atoms with E-state index in [2.05, 4.69) is 20.6 Å². The number of carbonyl (C=O) groups excluding carboxylic acids is 3. The van der Waals surface area contributed by atoms with Crippen LogP contribution in [0.2, 0.25) is 0 Å². The Morgan fingerprint density at radius 3 is 2.75 bits per heavy atom. The van der Waals surface area contributed by atoms with Gasteiger partial charge in [-0.2, -0.15) is 0 Å². The number of hydrogen-bond donors (Lipinski definition) is 6. The van der Waals surface area contributed by atoms with Gasteiger partial charge in [0.1, 0.15) is 18.1 Å². The van der Waals surface area contributed by atoms with Crippen LogP contribution in [0.15, 0.2) is 12.5 Å². The predicted molar refractivity (Wildman–Crippen MR) is 94.7 cm³/mol. The van der Waals surface area contributed by atoms with Gasteiger partial charge in [-0.25, -0.2) is 9.78 Å². The van der Waals surface area contributed by atoms with Crippen molar-refractivity contribution in [1.82, 2.24) is 25.5 Å². The van der Waals surface area contributed by atoms with Gasteiger partial charge in [-0.15, -0.1) is 0 Å². The van der Waals surface area contributed by atoms with E-state index in [1.807, 2.05) is 0 Å². The molecule has 1 aromatic rings. The molecule has 3 atom stereocenters. The number of rotatable bonds is 9. The van der Waals surface area contributed by atoms with Gasteiger partial charge in [-0.3, -0.25) is 14.4 Å². The molecule has 12 heteroatoms. The lowest BCUT2D eigenvalue weighted by molar-refractivity contribution is -0.142. The summed E-state index contributed by atoms with van der Waals surface area (Å²) >= 11 is 0. The molecule has 1 aliphatic heterocycles. The van der Waals surface area contributed by atoms with Crippen molar-refractivity contribution >= 4 is 23.7 Å². The number of hydrogen-bond acceptors (Lipinski definition) is 7. The fraction of sp³-hybridized carbons (Fsp3) is 0.562. The molecular formula is C16H24N6O6. The smallest absolute Gasteiger partial charge is 0.326 e.